The van der Waals surface area contributed by atoms with Gasteiger partial charge in [0.2, 0.25) is 11.8 Å². The number of nitrogens with zero attached hydrogens (tertiary/aromatic N) is 2. The average Bonchev–Trinajstić information content (AvgIpc) is 2.79. The lowest BCUT2D eigenvalue weighted by atomic mass is 9.88. The van der Waals surface area contributed by atoms with E-state index in [1.165, 1.54) is 10.9 Å². The Morgan fingerprint density at radius 1 is 1.44 bits per heavy atom. The molecule has 0 radical (unpaired) electrons. The van der Waals surface area contributed by atoms with Gasteiger partial charge in [-0.1, -0.05) is 13.5 Å². The van der Waals surface area contributed by atoms with Gasteiger partial charge in [-0.05, 0) is 20.8 Å². The number of aromatic nitrogens is 2. The molecule has 1 aromatic heterocycles. The Balaban J connectivity index is 2.81. The molecule has 0 aliphatic carbocycles. The molecular weight excluding hydrogens is 230 g/mol. The molecule has 0 bridgehead atoms. The summed E-state index contributed by atoms with van der Waals surface area (Å²) in [5.74, 6) is -0.736. The molecule has 98 valence electrons. The van der Waals surface area contributed by atoms with Gasteiger partial charge in [-0.3, -0.25) is 14.2 Å². The van der Waals surface area contributed by atoms with Crippen molar-refractivity contribution in [2.24, 2.45) is 5.92 Å². The number of carbonyl (C=O) groups is 2. The molecule has 0 fully saturated rings. The van der Waals surface area contributed by atoms with Crippen molar-refractivity contribution >= 4 is 11.8 Å². The van der Waals surface area contributed by atoms with E-state index in [1.54, 1.807) is 26.2 Å². The van der Waals surface area contributed by atoms with Crippen molar-refractivity contribution < 1.29 is 9.59 Å². The Morgan fingerprint density at radius 2 is 2.06 bits per heavy atom. The Hall–Kier alpha value is -1.91. The highest BCUT2D eigenvalue weighted by atomic mass is 16.2. The number of nitrogens with one attached hydrogen (secondary N) is 1. The first-order chi connectivity index (χ1) is 8.25. The third kappa shape index (κ3) is 3.06. The number of imidazole rings is 1. The number of hydrogen-bond donors (Lipinski definition) is 1. The first-order valence-electron chi connectivity index (χ1n) is 5.76. The summed E-state index contributed by atoms with van der Waals surface area (Å²) < 4.78 is 1.42. The van der Waals surface area contributed by atoms with E-state index >= 15 is 0 Å². The lowest BCUT2D eigenvalue weighted by Crippen LogP contribution is -2.51. The van der Waals surface area contributed by atoms with Gasteiger partial charge >= 0.3 is 0 Å². The monoisotopic (exact) mass is 249 g/mol. The van der Waals surface area contributed by atoms with E-state index in [-0.39, 0.29) is 17.7 Å². The van der Waals surface area contributed by atoms with Crippen LogP contribution in [0.5, 0.6) is 0 Å². The second kappa shape index (κ2) is 5.16. The van der Waals surface area contributed by atoms with Crippen molar-refractivity contribution in [1.29, 1.82) is 0 Å². The van der Waals surface area contributed by atoms with Gasteiger partial charge in [0.25, 0.3) is 0 Å². The van der Waals surface area contributed by atoms with Crippen LogP contribution in [0.25, 0.3) is 0 Å². The predicted octanol–water partition coefficient (Wildman–Crippen LogP) is 1.63. The van der Waals surface area contributed by atoms with Gasteiger partial charge in [-0.25, -0.2) is 4.98 Å². The summed E-state index contributed by atoms with van der Waals surface area (Å²) in [6.45, 7) is 10.6. The molecule has 0 aromatic carbocycles. The molecule has 0 aliphatic rings. The summed E-state index contributed by atoms with van der Waals surface area (Å²) in [7, 11) is 0. The molecule has 0 saturated heterocycles. The van der Waals surface area contributed by atoms with Crippen LogP contribution < -0.4 is 5.32 Å². The van der Waals surface area contributed by atoms with Crippen molar-refractivity contribution in [3.63, 3.8) is 0 Å². The molecule has 1 amide bonds. The number of carbonyl (C=O) groups excluding carboxylic acids is 2. The Kier molecular flexibility index (Phi) is 4.06. The minimum atomic E-state index is -0.655. The smallest absolute Gasteiger partial charge is 0.246 e. The number of amides is 1. The van der Waals surface area contributed by atoms with Gasteiger partial charge in [-0.2, -0.15) is 0 Å². The van der Waals surface area contributed by atoms with Gasteiger partial charge in [-0.15, -0.1) is 0 Å². The van der Waals surface area contributed by atoms with Crippen LogP contribution in [0.1, 0.15) is 32.5 Å². The summed E-state index contributed by atoms with van der Waals surface area (Å²) in [4.78, 5) is 27.6. The maximum Gasteiger partial charge on any atom is 0.246 e. The molecule has 1 heterocycles. The summed E-state index contributed by atoms with van der Waals surface area (Å²) in [5, 5.41) is 2.81. The van der Waals surface area contributed by atoms with Crippen molar-refractivity contribution in [2.75, 3.05) is 0 Å². The van der Waals surface area contributed by atoms with Gasteiger partial charge in [0.1, 0.15) is 6.33 Å². The van der Waals surface area contributed by atoms with Crippen LogP contribution in [-0.4, -0.2) is 26.9 Å². The molecule has 18 heavy (non-hydrogen) atoms. The maximum atomic E-state index is 12.2. The zero-order valence-electron chi connectivity index (χ0n) is 11.2. The van der Waals surface area contributed by atoms with Crippen molar-refractivity contribution in [2.45, 2.75) is 33.2 Å². The van der Waals surface area contributed by atoms with E-state index in [9.17, 15) is 9.59 Å². The van der Waals surface area contributed by atoms with Crippen molar-refractivity contribution in [3.05, 3.63) is 30.9 Å². The van der Waals surface area contributed by atoms with Crippen LogP contribution in [-0.2, 0) is 4.79 Å². The summed E-state index contributed by atoms with van der Waals surface area (Å²) >= 11 is 0. The molecule has 1 aromatic rings. The summed E-state index contributed by atoms with van der Waals surface area (Å²) in [6.07, 6.45) is 4.59. The van der Waals surface area contributed by atoms with Crippen LogP contribution in [0.15, 0.2) is 30.9 Å². The second-order valence-electron chi connectivity index (χ2n) is 4.99. The Bertz CT molecular complexity index is 461. The fraction of sp³-hybridized carbons (Fsp3) is 0.462. The van der Waals surface area contributed by atoms with E-state index in [0.717, 1.165) is 0 Å². The molecule has 0 saturated carbocycles. The van der Waals surface area contributed by atoms with Crippen molar-refractivity contribution in [1.82, 2.24) is 14.9 Å². The van der Waals surface area contributed by atoms with Crippen LogP contribution in [0.2, 0.25) is 0 Å². The number of hydrogen-bond acceptors (Lipinski definition) is 3. The first-order valence-corrected chi connectivity index (χ1v) is 5.76. The van der Waals surface area contributed by atoms with Crippen molar-refractivity contribution in [3.8, 4) is 0 Å². The highest BCUT2D eigenvalue weighted by Gasteiger charge is 2.33. The van der Waals surface area contributed by atoms with Gasteiger partial charge in [0.05, 0.1) is 5.92 Å². The minimum absolute atomic E-state index is 0.112. The van der Waals surface area contributed by atoms with Crippen LogP contribution in [0.3, 0.4) is 0 Å². The van der Waals surface area contributed by atoms with Crippen LogP contribution in [0.4, 0.5) is 0 Å². The lowest BCUT2D eigenvalue weighted by molar-refractivity contribution is -0.119. The third-order valence-corrected chi connectivity index (χ3v) is 3.04. The van der Waals surface area contributed by atoms with E-state index in [4.69, 9.17) is 0 Å². The third-order valence-electron chi connectivity index (χ3n) is 3.04. The molecule has 5 heteroatoms. The van der Waals surface area contributed by atoms with Gasteiger partial charge in [0, 0.05) is 23.5 Å². The van der Waals surface area contributed by atoms with Gasteiger partial charge < -0.3 is 5.32 Å². The standard InChI is InChI=1S/C13H19N3O2/c1-9(2)11(17)15-13(4,5)10(3)12(18)16-7-6-14-8-16/h6-8,10H,1H2,2-5H3,(H,15,17). The van der Waals surface area contributed by atoms with E-state index < -0.39 is 5.54 Å². The fourth-order valence-electron chi connectivity index (χ4n) is 1.43. The summed E-state index contributed by atoms with van der Waals surface area (Å²) in [6, 6.07) is 0. The molecule has 0 spiro atoms. The largest absolute Gasteiger partial charge is 0.347 e. The van der Waals surface area contributed by atoms with E-state index in [0.29, 0.717) is 5.57 Å². The summed E-state index contributed by atoms with van der Waals surface area (Å²) in [5.41, 5.74) is -0.234. The molecule has 1 rings (SSSR count). The van der Waals surface area contributed by atoms with Gasteiger partial charge in [0.15, 0.2) is 0 Å². The molecule has 1 unspecified atom stereocenters. The normalized spacial score (nSPS) is 12.9. The Labute approximate surface area is 107 Å². The van der Waals surface area contributed by atoms with Crippen LogP contribution >= 0.6 is 0 Å². The zero-order chi connectivity index (χ0) is 13.9. The fourth-order valence-corrected chi connectivity index (χ4v) is 1.43. The first kappa shape index (κ1) is 14.2. The lowest BCUT2D eigenvalue weighted by Gasteiger charge is -2.32. The SMILES string of the molecule is C=C(C)C(=O)NC(C)(C)C(C)C(=O)n1ccnc1. The molecule has 5 nitrogen and oxygen atoms in total. The Morgan fingerprint density at radius 3 is 2.50 bits per heavy atom. The van der Waals surface area contributed by atoms with Crippen LogP contribution in [0, 0.1) is 5.92 Å². The van der Waals surface area contributed by atoms with E-state index in [1.807, 2.05) is 13.8 Å². The molecule has 1 N–H and O–H groups in total. The molecular formula is C13H19N3O2. The topological polar surface area (TPSA) is 64.0 Å². The number of rotatable bonds is 4. The molecule has 0 aliphatic heterocycles. The zero-order valence-corrected chi connectivity index (χ0v) is 11.2. The predicted molar refractivity (Wildman–Crippen MR) is 69.1 cm³/mol. The highest BCUT2D eigenvalue weighted by molar-refractivity contribution is 5.93. The maximum absolute atomic E-state index is 12.2. The molecule has 1 atom stereocenters. The highest BCUT2D eigenvalue weighted by Crippen LogP contribution is 2.18. The van der Waals surface area contributed by atoms with E-state index in [2.05, 4.69) is 16.9 Å². The minimum Gasteiger partial charge on any atom is -0.347 e. The second-order valence-corrected chi connectivity index (χ2v) is 4.99. The quantitative estimate of drug-likeness (QED) is 0.825. The average molecular weight is 249 g/mol.